The van der Waals surface area contributed by atoms with E-state index in [-0.39, 0.29) is 17.0 Å². The van der Waals surface area contributed by atoms with E-state index in [4.69, 9.17) is 17.0 Å². The van der Waals surface area contributed by atoms with Crippen molar-refractivity contribution in [1.29, 1.82) is 0 Å². The van der Waals surface area contributed by atoms with Crippen LogP contribution in [0.25, 0.3) is 0 Å². The highest BCUT2D eigenvalue weighted by Gasteiger charge is 2.26. The Morgan fingerprint density at radius 1 is 1.27 bits per heavy atom. The summed E-state index contributed by atoms with van der Waals surface area (Å²) in [4.78, 5) is 24.9. The van der Waals surface area contributed by atoms with Crippen molar-refractivity contribution in [2.75, 3.05) is 11.9 Å². The Kier molecular flexibility index (Phi) is 5.90. The van der Waals surface area contributed by atoms with Gasteiger partial charge in [-0.05, 0) is 50.4 Å². The zero-order chi connectivity index (χ0) is 16.1. The van der Waals surface area contributed by atoms with Gasteiger partial charge in [0.25, 0.3) is 0 Å². The number of rotatable bonds is 4. The highest BCUT2D eigenvalue weighted by Crippen LogP contribution is 2.38. The fourth-order valence-corrected chi connectivity index (χ4v) is 3.98. The Labute approximate surface area is 139 Å². The predicted molar refractivity (Wildman–Crippen MR) is 91.6 cm³/mol. The lowest BCUT2D eigenvalue weighted by molar-refractivity contribution is -0.119. The molecule has 0 atom stereocenters. The van der Waals surface area contributed by atoms with Gasteiger partial charge in [0, 0.05) is 11.3 Å². The van der Waals surface area contributed by atoms with Crippen LogP contribution in [0.4, 0.5) is 5.00 Å². The molecule has 1 aliphatic carbocycles. The average Bonchev–Trinajstić information content (AvgIpc) is 2.84. The van der Waals surface area contributed by atoms with Crippen LogP contribution in [-0.2, 0) is 22.4 Å². The van der Waals surface area contributed by atoms with Gasteiger partial charge < -0.3 is 15.4 Å². The number of ether oxygens (including phenoxy) is 1. The van der Waals surface area contributed by atoms with Crippen LogP contribution < -0.4 is 10.6 Å². The largest absolute Gasteiger partial charge is 0.462 e. The van der Waals surface area contributed by atoms with Crippen molar-refractivity contribution in [3.8, 4) is 0 Å². The van der Waals surface area contributed by atoms with Gasteiger partial charge in [-0.15, -0.1) is 11.3 Å². The van der Waals surface area contributed by atoms with Crippen LogP contribution in [0.2, 0.25) is 0 Å². The predicted octanol–water partition coefficient (Wildman–Crippen LogP) is 3.03. The minimum atomic E-state index is -0.325. The number of carbonyl (C=O) groups excluding carboxylic acids is 2. The molecule has 0 aromatic carbocycles. The van der Waals surface area contributed by atoms with Crippen LogP contribution in [0.1, 0.15) is 53.9 Å². The summed E-state index contributed by atoms with van der Waals surface area (Å²) < 4.78 is 5.17. The standard InChI is InChI=1S/C15H20N2O3S2/c1-3-11(18)16-15(21)17-13-12(14(19)20-4-2)9-7-5-6-8-10(9)22-13/h3-8H2,1-2H3,(H2,16,17,18,21). The first kappa shape index (κ1) is 16.9. The zero-order valence-electron chi connectivity index (χ0n) is 12.8. The quantitative estimate of drug-likeness (QED) is 0.651. The van der Waals surface area contributed by atoms with Crippen molar-refractivity contribution in [3.63, 3.8) is 0 Å². The first-order valence-corrected chi connectivity index (χ1v) is 8.71. The van der Waals surface area contributed by atoms with E-state index in [0.717, 1.165) is 31.2 Å². The number of hydrogen-bond donors (Lipinski definition) is 2. The fourth-order valence-electron chi connectivity index (χ4n) is 2.42. The van der Waals surface area contributed by atoms with Gasteiger partial charge in [-0.25, -0.2) is 4.79 Å². The van der Waals surface area contributed by atoms with Gasteiger partial charge in [-0.3, -0.25) is 4.79 Å². The molecule has 1 aliphatic rings. The maximum absolute atomic E-state index is 12.3. The summed E-state index contributed by atoms with van der Waals surface area (Å²) in [5.41, 5.74) is 1.65. The molecule has 1 heterocycles. The first-order valence-electron chi connectivity index (χ1n) is 7.49. The molecule has 0 bridgehead atoms. The van der Waals surface area contributed by atoms with E-state index < -0.39 is 0 Å². The molecular formula is C15H20N2O3S2. The number of thiophene rings is 1. The van der Waals surface area contributed by atoms with E-state index in [1.807, 2.05) is 0 Å². The Morgan fingerprint density at radius 2 is 2.00 bits per heavy atom. The molecule has 0 fully saturated rings. The summed E-state index contributed by atoms with van der Waals surface area (Å²) >= 11 is 6.67. The number of anilines is 1. The number of nitrogens with one attached hydrogen (secondary N) is 2. The maximum atomic E-state index is 12.3. The van der Waals surface area contributed by atoms with Crippen molar-refractivity contribution in [3.05, 3.63) is 16.0 Å². The number of carbonyl (C=O) groups is 2. The van der Waals surface area contributed by atoms with Gasteiger partial charge in [0.15, 0.2) is 5.11 Å². The zero-order valence-corrected chi connectivity index (χ0v) is 14.4. The number of esters is 1. The molecule has 7 heteroatoms. The first-order chi connectivity index (χ1) is 10.6. The summed E-state index contributed by atoms with van der Waals surface area (Å²) in [5, 5.41) is 6.47. The molecule has 1 amide bonds. The lowest BCUT2D eigenvalue weighted by Gasteiger charge is -2.12. The van der Waals surface area contributed by atoms with Gasteiger partial charge in [0.1, 0.15) is 5.00 Å². The van der Waals surface area contributed by atoms with E-state index in [2.05, 4.69) is 10.6 Å². The average molecular weight is 340 g/mol. The highest BCUT2D eigenvalue weighted by molar-refractivity contribution is 7.80. The Balaban J connectivity index is 2.26. The molecule has 2 rings (SSSR count). The minimum absolute atomic E-state index is 0.156. The van der Waals surface area contributed by atoms with Gasteiger partial charge in [0.05, 0.1) is 12.2 Å². The number of amides is 1. The molecule has 120 valence electrons. The monoisotopic (exact) mass is 340 g/mol. The molecule has 1 aromatic heterocycles. The van der Waals surface area contributed by atoms with Gasteiger partial charge in [-0.1, -0.05) is 6.92 Å². The number of thiocarbonyl (C=S) groups is 1. The maximum Gasteiger partial charge on any atom is 0.341 e. The molecule has 22 heavy (non-hydrogen) atoms. The number of fused-ring (bicyclic) bond motifs is 1. The third-order valence-corrected chi connectivity index (χ3v) is 4.86. The molecule has 5 nitrogen and oxygen atoms in total. The Hall–Kier alpha value is -1.47. The molecule has 0 spiro atoms. The van der Waals surface area contributed by atoms with Crippen LogP contribution in [0, 0.1) is 0 Å². The third-order valence-electron chi connectivity index (χ3n) is 3.45. The molecule has 0 aliphatic heterocycles. The fraction of sp³-hybridized carbons (Fsp3) is 0.533. The second-order valence-electron chi connectivity index (χ2n) is 4.99. The van der Waals surface area contributed by atoms with Gasteiger partial charge in [-0.2, -0.15) is 0 Å². The summed E-state index contributed by atoms with van der Waals surface area (Å²) in [5.74, 6) is -0.481. The molecule has 0 saturated carbocycles. The lowest BCUT2D eigenvalue weighted by Crippen LogP contribution is -2.33. The van der Waals surface area contributed by atoms with E-state index in [1.54, 1.807) is 13.8 Å². The van der Waals surface area contributed by atoms with Crippen molar-refractivity contribution in [2.45, 2.75) is 46.0 Å². The second-order valence-corrected chi connectivity index (χ2v) is 6.50. The van der Waals surface area contributed by atoms with Crippen LogP contribution in [-0.4, -0.2) is 23.6 Å². The van der Waals surface area contributed by atoms with E-state index in [1.165, 1.54) is 16.2 Å². The van der Waals surface area contributed by atoms with Crippen LogP contribution in [0.15, 0.2) is 0 Å². The third kappa shape index (κ3) is 3.84. The molecule has 1 aromatic rings. The summed E-state index contributed by atoms with van der Waals surface area (Å²) in [6.45, 7) is 3.88. The molecule has 0 unspecified atom stereocenters. The SMILES string of the molecule is CCOC(=O)c1c(NC(=S)NC(=O)CC)sc2c1CCCC2. The number of aryl methyl sites for hydroxylation is 1. The van der Waals surface area contributed by atoms with E-state index in [9.17, 15) is 9.59 Å². The summed E-state index contributed by atoms with van der Waals surface area (Å²) in [7, 11) is 0. The van der Waals surface area contributed by atoms with Gasteiger partial charge >= 0.3 is 5.97 Å². The van der Waals surface area contributed by atoms with Crippen LogP contribution >= 0.6 is 23.6 Å². The van der Waals surface area contributed by atoms with Gasteiger partial charge in [0.2, 0.25) is 5.91 Å². The van der Waals surface area contributed by atoms with Crippen molar-refractivity contribution in [2.24, 2.45) is 0 Å². The topological polar surface area (TPSA) is 67.4 Å². The molecule has 0 radical (unpaired) electrons. The van der Waals surface area contributed by atoms with E-state index in [0.29, 0.717) is 23.6 Å². The van der Waals surface area contributed by atoms with Crippen molar-refractivity contribution < 1.29 is 14.3 Å². The molecular weight excluding hydrogens is 320 g/mol. The normalized spacial score (nSPS) is 13.2. The smallest absolute Gasteiger partial charge is 0.341 e. The number of hydrogen-bond acceptors (Lipinski definition) is 5. The molecule has 0 saturated heterocycles. The second kappa shape index (κ2) is 7.69. The van der Waals surface area contributed by atoms with Crippen molar-refractivity contribution in [1.82, 2.24) is 5.32 Å². The van der Waals surface area contributed by atoms with E-state index >= 15 is 0 Å². The Morgan fingerprint density at radius 3 is 2.68 bits per heavy atom. The Bertz CT molecular complexity index is 596. The van der Waals surface area contributed by atoms with Crippen LogP contribution in [0.3, 0.4) is 0 Å². The summed E-state index contributed by atoms with van der Waals surface area (Å²) in [6, 6.07) is 0. The van der Waals surface area contributed by atoms with Crippen molar-refractivity contribution >= 4 is 45.5 Å². The highest BCUT2D eigenvalue weighted by atomic mass is 32.1. The minimum Gasteiger partial charge on any atom is -0.462 e. The lowest BCUT2D eigenvalue weighted by atomic mass is 9.95. The summed E-state index contributed by atoms with van der Waals surface area (Å²) in [6.07, 6.45) is 4.42. The molecule has 2 N–H and O–H groups in total. The van der Waals surface area contributed by atoms with Crippen LogP contribution in [0.5, 0.6) is 0 Å².